The van der Waals surface area contributed by atoms with Crippen molar-refractivity contribution in [3.8, 4) is 0 Å². The van der Waals surface area contributed by atoms with Gasteiger partial charge in [0, 0.05) is 19.3 Å². The number of unbranched alkanes of at least 4 members (excludes halogenated alkanes) is 22. The lowest BCUT2D eigenvalue weighted by atomic mass is 10.0. The number of allylic oxidation sites excluding steroid dienone is 18. The first-order valence-electron chi connectivity index (χ1n) is 28.9. The highest BCUT2D eigenvalue weighted by Gasteiger charge is 2.19. The van der Waals surface area contributed by atoms with Crippen LogP contribution in [0, 0.1) is 0 Å². The highest BCUT2D eigenvalue weighted by Crippen LogP contribution is 2.16. The predicted octanol–water partition coefficient (Wildman–Crippen LogP) is 19.5. The SMILES string of the molecule is CC/C=C\C/C=C\C/C=C\C/C=C\C/C=C\C/C=C\CCCCC(=O)OCC(COC(=O)CCCCC/C=C\C/C=C\C/C=C\CC)OC(=O)CCCCCCCCCCCCCCCCCCCC. The van der Waals surface area contributed by atoms with E-state index >= 15 is 0 Å². The summed E-state index contributed by atoms with van der Waals surface area (Å²) in [5.74, 6) is -0.974. The monoisotopic (exact) mass is 971 g/mol. The second-order valence-corrected chi connectivity index (χ2v) is 18.8. The Bertz CT molecular complexity index is 1440. The molecule has 0 aromatic heterocycles. The molecule has 70 heavy (non-hydrogen) atoms. The minimum Gasteiger partial charge on any atom is -0.462 e. The van der Waals surface area contributed by atoms with Crippen LogP contribution in [0.5, 0.6) is 0 Å². The van der Waals surface area contributed by atoms with Gasteiger partial charge in [0.1, 0.15) is 13.2 Å². The van der Waals surface area contributed by atoms with E-state index in [0.29, 0.717) is 25.7 Å². The second-order valence-electron chi connectivity index (χ2n) is 18.8. The number of ether oxygens (including phenoxy) is 3. The van der Waals surface area contributed by atoms with Crippen LogP contribution in [0.1, 0.15) is 258 Å². The number of esters is 3. The van der Waals surface area contributed by atoms with Crippen molar-refractivity contribution < 1.29 is 28.6 Å². The quantitative estimate of drug-likeness (QED) is 0.0262. The molecule has 0 aromatic rings. The molecular formula is C64H106O6. The molecule has 0 heterocycles. The van der Waals surface area contributed by atoms with Crippen molar-refractivity contribution in [3.05, 3.63) is 109 Å². The van der Waals surface area contributed by atoms with Crippen LogP contribution < -0.4 is 0 Å². The molecule has 0 aliphatic rings. The van der Waals surface area contributed by atoms with Gasteiger partial charge in [-0.05, 0) is 103 Å². The Morgan fingerprint density at radius 3 is 0.900 bits per heavy atom. The summed E-state index contributed by atoms with van der Waals surface area (Å²) in [7, 11) is 0. The zero-order valence-electron chi connectivity index (χ0n) is 45.5. The van der Waals surface area contributed by atoms with E-state index in [4.69, 9.17) is 14.2 Å². The minimum absolute atomic E-state index is 0.107. The topological polar surface area (TPSA) is 78.9 Å². The first-order chi connectivity index (χ1) is 34.5. The fourth-order valence-corrected chi connectivity index (χ4v) is 7.75. The predicted molar refractivity (Wildman–Crippen MR) is 302 cm³/mol. The van der Waals surface area contributed by atoms with Gasteiger partial charge < -0.3 is 14.2 Å². The van der Waals surface area contributed by atoms with Gasteiger partial charge >= 0.3 is 17.9 Å². The molecule has 0 saturated heterocycles. The molecule has 0 aliphatic heterocycles. The molecule has 398 valence electrons. The van der Waals surface area contributed by atoms with Gasteiger partial charge in [0.15, 0.2) is 6.10 Å². The van der Waals surface area contributed by atoms with Crippen molar-refractivity contribution in [1.82, 2.24) is 0 Å². The molecule has 1 unspecified atom stereocenters. The van der Waals surface area contributed by atoms with Gasteiger partial charge in [0.2, 0.25) is 0 Å². The molecule has 6 heteroatoms. The van der Waals surface area contributed by atoms with E-state index in [1.165, 1.54) is 96.3 Å². The van der Waals surface area contributed by atoms with Crippen LogP contribution in [0.2, 0.25) is 0 Å². The number of rotatable bonds is 51. The molecule has 0 bridgehead atoms. The van der Waals surface area contributed by atoms with Crippen LogP contribution >= 0.6 is 0 Å². The van der Waals surface area contributed by atoms with E-state index in [1.807, 2.05) is 0 Å². The van der Waals surface area contributed by atoms with Crippen molar-refractivity contribution in [3.63, 3.8) is 0 Å². The van der Waals surface area contributed by atoms with Gasteiger partial charge in [-0.1, -0.05) is 246 Å². The second kappa shape index (κ2) is 57.6. The van der Waals surface area contributed by atoms with Crippen LogP contribution in [0.3, 0.4) is 0 Å². The first kappa shape index (κ1) is 66.1. The van der Waals surface area contributed by atoms with Crippen LogP contribution in [0.15, 0.2) is 109 Å². The zero-order chi connectivity index (χ0) is 50.7. The molecule has 0 amide bonds. The Labute approximate surface area is 431 Å². The number of carbonyl (C=O) groups is 3. The first-order valence-corrected chi connectivity index (χ1v) is 28.9. The fourth-order valence-electron chi connectivity index (χ4n) is 7.75. The number of hydrogen-bond acceptors (Lipinski definition) is 6. The summed E-state index contributed by atoms with van der Waals surface area (Å²) in [4.78, 5) is 38.1. The van der Waals surface area contributed by atoms with Gasteiger partial charge in [-0.3, -0.25) is 14.4 Å². The van der Waals surface area contributed by atoms with Crippen LogP contribution in [-0.2, 0) is 28.6 Å². The van der Waals surface area contributed by atoms with E-state index < -0.39 is 6.10 Å². The van der Waals surface area contributed by atoms with E-state index in [2.05, 4.69) is 130 Å². The number of hydrogen-bond donors (Lipinski definition) is 0. The minimum atomic E-state index is -0.809. The molecule has 0 aliphatic carbocycles. The molecule has 6 nitrogen and oxygen atoms in total. The summed E-state index contributed by atoms with van der Waals surface area (Å²) in [5.41, 5.74) is 0. The van der Waals surface area contributed by atoms with Gasteiger partial charge in [0.05, 0.1) is 0 Å². The van der Waals surface area contributed by atoms with Crippen molar-refractivity contribution in [2.24, 2.45) is 0 Å². The Morgan fingerprint density at radius 1 is 0.300 bits per heavy atom. The van der Waals surface area contributed by atoms with Crippen molar-refractivity contribution in [2.75, 3.05) is 13.2 Å². The number of carbonyl (C=O) groups excluding carboxylic acids is 3. The lowest BCUT2D eigenvalue weighted by Gasteiger charge is -2.18. The lowest BCUT2D eigenvalue weighted by molar-refractivity contribution is -0.167. The third kappa shape index (κ3) is 55.0. The molecule has 0 saturated carbocycles. The molecule has 0 rings (SSSR count). The van der Waals surface area contributed by atoms with Gasteiger partial charge in [0.25, 0.3) is 0 Å². The molecule has 1 atom stereocenters. The third-order valence-corrected chi connectivity index (χ3v) is 12.0. The normalized spacial score (nSPS) is 12.9. The van der Waals surface area contributed by atoms with Crippen molar-refractivity contribution in [1.29, 1.82) is 0 Å². The van der Waals surface area contributed by atoms with Crippen LogP contribution in [0.4, 0.5) is 0 Å². The fraction of sp³-hybridized carbons (Fsp3) is 0.672. The lowest BCUT2D eigenvalue weighted by Crippen LogP contribution is -2.30. The van der Waals surface area contributed by atoms with Crippen LogP contribution in [0.25, 0.3) is 0 Å². The maximum absolute atomic E-state index is 12.9. The van der Waals surface area contributed by atoms with Crippen molar-refractivity contribution >= 4 is 17.9 Å². The molecule has 0 radical (unpaired) electrons. The average molecular weight is 972 g/mol. The summed E-state index contributed by atoms with van der Waals surface area (Å²) >= 11 is 0. The molecular weight excluding hydrogens is 865 g/mol. The Balaban J connectivity index is 4.47. The van der Waals surface area contributed by atoms with Gasteiger partial charge in [-0.2, -0.15) is 0 Å². The molecule has 0 aromatic carbocycles. The highest BCUT2D eigenvalue weighted by atomic mass is 16.6. The summed E-state index contributed by atoms with van der Waals surface area (Å²) in [5, 5.41) is 0. The van der Waals surface area contributed by atoms with Gasteiger partial charge in [-0.15, -0.1) is 0 Å². The van der Waals surface area contributed by atoms with E-state index in [0.717, 1.165) is 116 Å². The van der Waals surface area contributed by atoms with Gasteiger partial charge in [-0.25, -0.2) is 0 Å². The smallest absolute Gasteiger partial charge is 0.306 e. The zero-order valence-corrected chi connectivity index (χ0v) is 45.5. The Kier molecular flexibility index (Phi) is 54.4. The maximum atomic E-state index is 12.9. The summed E-state index contributed by atoms with van der Waals surface area (Å²) in [6.07, 6.45) is 78.0. The molecule has 0 spiro atoms. The average Bonchev–Trinajstić information content (AvgIpc) is 3.36. The van der Waals surface area contributed by atoms with Crippen LogP contribution in [-0.4, -0.2) is 37.2 Å². The Morgan fingerprint density at radius 2 is 0.557 bits per heavy atom. The summed E-state index contributed by atoms with van der Waals surface area (Å²) in [6.45, 7) is 6.36. The maximum Gasteiger partial charge on any atom is 0.306 e. The molecule has 0 fully saturated rings. The van der Waals surface area contributed by atoms with E-state index in [1.54, 1.807) is 0 Å². The standard InChI is InChI=1S/C64H106O6/c1-4-7-10-13-16-19-22-25-27-29-31-32-33-35-36-39-42-45-48-51-54-57-63(66)69-60-61(59-68-62(65)56-53-50-47-44-41-38-24-21-18-15-12-9-6-3)70-64(67)58-55-52-49-46-43-40-37-34-30-28-26-23-20-17-14-11-8-5-2/h7,9-10,12,16,18-19,21,25,27,31-32,35-36,38,41-42,45,61H,4-6,8,11,13-15,17,20,22-24,26,28-30,33-34,37,39-40,43-44,46-60H2,1-3H3/b10-7-,12-9-,19-16-,21-18-,27-25-,32-31-,36-35-,41-38-,45-42-. The molecule has 0 N–H and O–H groups in total. The van der Waals surface area contributed by atoms with Crippen molar-refractivity contribution in [2.45, 2.75) is 264 Å². The third-order valence-electron chi connectivity index (χ3n) is 12.0. The van der Waals surface area contributed by atoms with E-state index in [9.17, 15) is 14.4 Å². The highest BCUT2D eigenvalue weighted by molar-refractivity contribution is 5.71. The van der Waals surface area contributed by atoms with E-state index in [-0.39, 0.29) is 31.1 Å². The summed E-state index contributed by atoms with van der Waals surface area (Å²) in [6, 6.07) is 0. The summed E-state index contributed by atoms with van der Waals surface area (Å²) < 4.78 is 16.8. The largest absolute Gasteiger partial charge is 0.462 e. The Hall–Kier alpha value is -3.93.